The second-order valence-electron chi connectivity index (χ2n) is 3.79. The molecule has 1 amide bonds. The molecule has 0 aromatic heterocycles. The number of phenols is 3. The molecule has 19 heavy (non-hydrogen) atoms. The van der Waals surface area contributed by atoms with Crippen LogP contribution in [0, 0.1) is 0 Å². The molecule has 2 aromatic rings. The highest BCUT2D eigenvalue weighted by atomic mass is 35.5. The minimum Gasteiger partial charge on any atom is -0.506 e. The van der Waals surface area contributed by atoms with Crippen LogP contribution in [0.3, 0.4) is 0 Å². The fourth-order valence-electron chi connectivity index (χ4n) is 1.50. The van der Waals surface area contributed by atoms with E-state index in [2.05, 4.69) is 5.32 Å². The number of nitrogens with one attached hydrogen (secondary N) is 1. The highest BCUT2D eigenvalue weighted by Gasteiger charge is 2.14. The van der Waals surface area contributed by atoms with Crippen molar-refractivity contribution < 1.29 is 20.1 Å². The monoisotopic (exact) mass is 279 g/mol. The SMILES string of the molecule is O=C(Nc1ccc(O)c(Cl)c1)c1cccc(O)c1O. The molecular weight excluding hydrogens is 270 g/mol. The number of benzene rings is 2. The molecule has 0 aliphatic heterocycles. The predicted octanol–water partition coefficient (Wildman–Crippen LogP) is 2.71. The third-order valence-electron chi connectivity index (χ3n) is 2.46. The van der Waals surface area contributed by atoms with Gasteiger partial charge in [-0.05, 0) is 30.3 Å². The number of halogens is 1. The minimum absolute atomic E-state index is 0.0656. The molecule has 0 unspecified atom stereocenters. The van der Waals surface area contributed by atoms with Gasteiger partial charge in [-0.3, -0.25) is 4.79 Å². The van der Waals surface area contributed by atoms with Crippen LogP contribution in [0.2, 0.25) is 5.02 Å². The maximum atomic E-state index is 11.9. The van der Waals surface area contributed by atoms with Gasteiger partial charge in [-0.25, -0.2) is 0 Å². The summed E-state index contributed by atoms with van der Waals surface area (Å²) < 4.78 is 0. The number of aromatic hydroxyl groups is 3. The van der Waals surface area contributed by atoms with Gasteiger partial charge in [-0.1, -0.05) is 17.7 Å². The highest BCUT2D eigenvalue weighted by molar-refractivity contribution is 6.32. The summed E-state index contributed by atoms with van der Waals surface area (Å²) in [6.07, 6.45) is 0. The summed E-state index contributed by atoms with van der Waals surface area (Å²) in [4.78, 5) is 11.9. The van der Waals surface area contributed by atoms with Crippen LogP contribution in [0.4, 0.5) is 5.69 Å². The van der Waals surface area contributed by atoms with Crippen molar-refractivity contribution in [2.45, 2.75) is 0 Å². The molecule has 2 aromatic carbocycles. The summed E-state index contributed by atoms with van der Waals surface area (Å²) in [5, 5.41) is 30.7. The third-order valence-corrected chi connectivity index (χ3v) is 2.77. The predicted molar refractivity (Wildman–Crippen MR) is 70.8 cm³/mol. The molecule has 5 nitrogen and oxygen atoms in total. The van der Waals surface area contributed by atoms with Crippen molar-refractivity contribution >= 4 is 23.2 Å². The molecule has 0 spiro atoms. The van der Waals surface area contributed by atoms with Crippen LogP contribution in [0.5, 0.6) is 17.2 Å². The Hall–Kier alpha value is -2.40. The number of phenolic OH excluding ortho intramolecular Hbond substituents is 3. The average molecular weight is 280 g/mol. The first-order chi connectivity index (χ1) is 8.99. The molecule has 2 rings (SSSR count). The summed E-state index contributed by atoms with van der Waals surface area (Å²) in [5.74, 6) is -1.57. The maximum absolute atomic E-state index is 11.9. The number of hydrogen-bond donors (Lipinski definition) is 4. The number of rotatable bonds is 2. The smallest absolute Gasteiger partial charge is 0.259 e. The number of amides is 1. The Kier molecular flexibility index (Phi) is 3.48. The lowest BCUT2D eigenvalue weighted by atomic mass is 10.1. The van der Waals surface area contributed by atoms with E-state index >= 15 is 0 Å². The number of hydrogen-bond acceptors (Lipinski definition) is 4. The molecule has 0 heterocycles. The first-order valence-electron chi connectivity index (χ1n) is 5.30. The molecule has 4 N–H and O–H groups in total. The zero-order chi connectivity index (χ0) is 14.0. The van der Waals surface area contributed by atoms with Gasteiger partial charge in [-0.2, -0.15) is 0 Å². The Morgan fingerprint density at radius 3 is 2.47 bits per heavy atom. The third kappa shape index (κ3) is 2.71. The van der Waals surface area contributed by atoms with Gasteiger partial charge >= 0.3 is 0 Å². The van der Waals surface area contributed by atoms with Crippen molar-refractivity contribution in [3.8, 4) is 17.2 Å². The van der Waals surface area contributed by atoms with Crippen molar-refractivity contribution in [3.05, 3.63) is 47.0 Å². The molecule has 0 saturated heterocycles. The summed E-state index contributed by atoms with van der Waals surface area (Å²) in [5.41, 5.74) is 0.291. The molecule has 0 aliphatic carbocycles. The van der Waals surface area contributed by atoms with E-state index in [1.54, 1.807) is 0 Å². The number of anilines is 1. The van der Waals surface area contributed by atoms with Crippen LogP contribution in [0.25, 0.3) is 0 Å². The van der Waals surface area contributed by atoms with Crippen LogP contribution in [-0.2, 0) is 0 Å². The quantitative estimate of drug-likeness (QED) is 0.502. The highest BCUT2D eigenvalue weighted by Crippen LogP contribution is 2.30. The zero-order valence-corrected chi connectivity index (χ0v) is 10.3. The Balaban J connectivity index is 2.26. The normalized spacial score (nSPS) is 10.2. The Bertz CT molecular complexity index is 643. The molecule has 0 fully saturated rings. The van der Waals surface area contributed by atoms with Gasteiger partial charge < -0.3 is 20.6 Å². The van der Waals surface area contributed by atoms with Gasteiger partial charge in [-0.15, -0.1) is 0 Å². The van der Waals surface area contributed by atoms with E-state index in [-0.39, 0.29) is 22.1 Å². The first-order valence-corrected chi connectivity index (χ1v) is 5.67. The molecule has 0 radical (unpaired) electrons. The lowest BCUT2D eigenvalue weighted by Crippen LogP contribution is -2.11. The second-order valence-corrected chi connectivity index (χ2v) is 4.20. The first kappa shape index (κ1) is 13.0. The van der Waals surface area contributed by atoms with E-state index in [0.717, 1.165) is 0 Å². The Labute approximate surface area is 113 Å². The Morgan fingerprint density at radius 1 is 1.05 bits per heavy atom. The lowest BCUT2D eigenvalue weighted by Gasteiger charge is -2.08. The fraction of sp³-hybridized carbons (Fsp3) is 0. The number of para-hydroxylation sites is 1. The van der Waals surface area contributed by atoms with E-state index in [9.17, 15) is 20.1 Å². The molecule has 0 saturated carbocycles. The van der Waals surface area contributed by atoms with Crippen molar-refractivity contribution in [1.82, 2.24) is 0 Å². The summed E-state index contributed by atoms with van der Waals surface area (Å²) in [6, 6.07) is 8.23. The van der Waals surface area contributed by atoms with Gasteiger partial charge in [0.1, 0.15) is 5.75 Å². The average Bonchev–Trinajstić information content (AvgIpc) is 2.37. The van der Waals surface area contributed by atoms with Gasteiger partial charge in [0.05, 0.1) is 10.6 Å². The van der Waals surface area contributed by atoms with Crippen molar-refractivity contribution in [2.24, 2.45) is 0 Å². The zero-order valence-electron chi connectivity index (χ0n) is 9.59. The van der Waals surface area contributed by atoms with Crippen LogP contribution in [0.15, 0.2) is 36.4 Å². The summed E-state index contributed by atoms with van der Waals surface area (Å²) >= 11 is 5.71. The standard InChI is InChI=1S/C13H10ClNO4/c14-9-6-7(4-5-10(9)16)15-13(19)8-2-1-3-11(17)12(8)18/h1-6,16-18H,(H,15,19). The maximum Gasteiger partial charge on any atom is 0.259 e. The van der Waals surface area contributed by atoms with Gasteiger partial charge in [0.2, 0.25) is 0 Å². The largest absolute Gasteiger partial charge is 0.506 e. The van der Waals surface area contributed by atoms with E-state index in [0.29, 0.717) is 5.69 Å². The van der Waals surface area contributed by atoms with Crippen molar-refractivity contribution in [1.29, 1.82) is 0 Å². The van der Waals surface area contributed by atoms with Crippen LogP contribution in [0.1, 0.15) is 10.4 Å². The Morgan fingerprint density at radius 2 is 1.79 bits per heavy atom. The van der Waals surface area contributed by atoms with E-state index in [1.165, 1.54) is 36.4 Å². The minimum atomic E-state index is -0.602. The van der Waals surface area contributed by atoms with E-state index < -0.39 is 11.7 Å². The van der Waals surface area contributed by atoms with E-state index in [4.69, 9.17) is 11.6 Å². The fourth-order valence-corrected chi connectivity index (χ4v) is 1.68. The molecule has 98 valence electrons. The van der Waals surface area contributed by atoms with Gasteiger partial charge in [0.25, 0.3) is 5.91 Å². The second kappa shape index (κ2) is 5.07. The topological polar surface area (TPSA) is 89.8 Å². The van der Waals surface area contributed by atoms with Crippen LogP contribution in [-0.4, -0.2) is 21.2 Å². The molecule has 6 heteroatoms. The molecule has 0 atom stereocenters. The number of carbonyl (C=O) groups is 1. The van der Waals surface area contributed by atoms with Crippen molar-refractivity contribution in [3.63, 3.8) is 0 Å². The van der Waals surface area contributed by atoms with Crippen molar-refractivity contribution in [2.75, 3.05) is 5.32 Å². The number of carbonyl (C=O) groups excluding carboxylic acids is 1. The van der Waals surface area contributed by atoms with E-state index in [1.807, 2.05) is 0 Å². The molecular formula is C13H10ClNO4. The molecule has 0 bridgehead atoms. The van der Waals surface area contributed by atoms with Crippen LogP contribution < -0.4 is 5.32 Å². The van der Waals surface area contributed by atoms with Gasteiger partial charge in [0, 0.05) is 5.69 Å². The van der Waals surface area contributed by atoms with Crippen LogP contribution >= 0.6 is 11.6 Å². The van der Waals surface area contributed by atoms with Gasteiger partial charge in [0.15, 0.2) is 11.5 Å². The summed E-state index contributed by atoms with van der Waals surface area (Å²) in [6.45, 7) is 0. The molecule has 0 aliphatic rings. The summed E-state index contributed by atoms with van der Waals surface area (Å²) in [7, 11) is 0. The lowest BCUT2D eigenvalue weighted by molar-refractivity contribution is 0.102.